The van der Waals surface area contributed by atoms with Gasteiger partial charge in [0.1, 0.15) is 6.17 Å². The fourth-order valence-corrected chi connectivity index (χ4v) is 0.315. The summed E-state index contributed by atoms with van der Waals surface area (Å²) in [6.45, 7) is 2.75. The Bertz CT molecular complexity index is 74.8. The quantitative estimate of drug-likeness (QED) is 0.396. The Morgan fingerprint density at radius 1 is 1.88 bits per heavy atom. The first-order valence-electron chi connectivity index (χ1n) is 2.63. The summed E-state index contributed by atoms with van der Waals surface area (Å²) in [6.07, 6.45) is 0.295. The number of nitrogens with two attached hydrogens (primary N) is 1. The number of likely N-dealkylation sites (N-methyl/N-ethyl adjacent to an activating group) is 1. The Labute approximate surface area is 49.5 Å². The van der Waals surface area contributed by atoms with Gasteiger partial charge in [-0.1, -0.05) is 6.92 Å². The lowest BCUT2D eigenvalue weighted by molar-refractivity contribution is -0.111. The third-order valence-corrected chi connectivity index (χ3v) is 1.15. The highest BCUT2D eigenvalue weighted by Gasteiger charge is 2.02. The summed E-state index contributed by atoms with van der Waals surface area (Å²) in [6, 6.07) is 0. The van der Waals surface area contributed by atoms with E-state index < -0.39 is 6.17 Å². The molecule has 0 fully saturated rings. The second kappa shape index (κ2) is 3.57. The molecule has 1 atom stereocenters. The molecule has 0 radical (unpaired) electrons. The zero-order valence-corrected chi connectivity index (χ0v) is 5.29. The number of hydrogen-bond donors (Lipinski definition) is 1. The third-order valence-electron chi connectivity index (χ3n) is 1.15. The highest BCUT2D eigenvalue weighted by molar-refractivity contribution is 5.56. The normalized spacial score (nSPS) is 14.0. The molecule has 0 aliphatic carbocycles. The summed E-state index contributed by atoms with van der Waals surface area (Å²) in [5, 5.41) is 0. The fraction of sp³-hybridized carbons (Fsp3) is 0.800. The fourth-order valence-electron chi connectivity index (χ4n) is 0.315. The van der Waals surface area contributed by atoms with Crippen molar-refractivity contribution in [2.45, 2.75) is 13.1 Å². The van der Waals surface area contributed by atoms with Gasteiger partial charge >= 0.3 is 0 Å². The zero-order valence-electron chi connectivity index (χ0n) is 5.29. The van der Waals surface area contributed by atoms with Gasteiger partial charge in [-0.05, 0) is 13.6 Å². The van der Waals surface area contributed by atoms with Crippen molar-refractivity contribution in [1.29, 1.82) is 0 Å². The van der Waals surface area contributed by atoms with Crippen LogP contribution in [0, 0.1) is 0 Å². The van der Waals surface area contributed by atoms with E-state index in [1.165, 1.54) is 0 Å². The highest BCUT2D eigenvalue weighted by atomic mass is 16.1. The monoisotopic (exact) mass is 116 g/mol. The molecule has 8 heavy (non-hydrogen) atoms. The number of aldehydes is 1. The number of nitrogens with zero attached hydrogens (tertiary/aromatic N) is 1. The van der Waals surface area contributed by atoms with Crippen molar-refractivity contribution in [3.8, 4) is 0 Å². The van der Waals surface area contributed by atoms with Crippen LogP contribution in [0.2, 0.25) is 0 Å². The largest absolute Gasteiger partial charge is 0.310 e. The standard InChI is InChI=1S/C5H12N2O/c1-3-7(2)5(6)4-8/h4-5H,3,6H2,1-2H3. The van der Waals surface area contributed by atoms with E-state index in [0.29, 0.717) is 0 Å². The van der Waals surface area contributed by atoms with Crippen LogP contribution in [0.25, 0.3) is 0 Å². The Morgan fingerprint density at radius 3 is 2.50 bits per heavy atom. The van der Waals surface area contributed by atoms with Gasteiger partial charge in [0.05, 0.1) is 0 Å². The molecule has 0 heterocycles. The van der Waals surface area contributed by atoms with Crippen molar-refractivity contribution in [2.75, 3.05) is 13.6 Å². The summed E-state index contributed by atoms with van der Waals surface area (Å²) in [7, 11) is 1.80. The number of carbonyl (C=O) groups is 1. The minimum Gasteiger partial charge on any atom is -0.310 e. The third kappa shape index (κ3) is 2.04. The second-order valence-corrected chi connectivity index (χ2v) is 1.70. The van der Waals surface area contributed by atoms with Crippen LogP contribution < -0.4 is 5.73 Å². The van der Waals surface area contributed by atoms with Gasteiger partial charge in [-0.25, -0.2) is 0 Å². The smallest absolute Gasteiger partial charge is 0.151 e. The van der Waals surface area contributed by atoms with Gasteiger partial charge in [0.25, 0.3) is 0 Å². The molecule has 3 heteroatoms. The molecule has 0 rings (SSSR count). The molecule has 0 saturated heterocycles. The molecule has 0 aromatic rings. The van der Waals surface area contributed by atoms with Crippen LogP contribution in [0.5, 0.6) is 0 Å². The van der Waals surface area contributed by atoms with Crippen molar-refractivity contribution in [2.24, 2.45) is 5.73 Å². The molecule has 0 spiro atoms. The Balaban J connectivity index is 3.44. The Morgan fingerprint density at radius 2 is 2.38 bits per heavy atom. The number of hydrogen-bond acceptors (Lipinski definition) is 3. The molecule has 0 aliphatic rings. The molecule has 0 saturated carbocycles. The van der Waals surface area contributed by atoms with Crippen LogP contribution in [0.1, 0.15) is 6.92 Å². The van der Waals surface area contributed by atoms with Crippen LogP contribution in [0.15, 0.2) is 0 Å². The minimum atomic E-state index is -0.431. The van der Waals surface area contributed by atoms with Gasteiger partial charge < -0.3 is 10.5 Å². The average molecular weight is 116 g/mol. The predicted molar refractivity (Wildman–Crippen MR) is 32.3 cm³/mol. The van der Waals surface area contributed by atoms with Crippen molar-refractivity contribution in [3.05, 3.63) is 0 Å². The van der Waals surface area contributed by atoms with Gasteiger partial charge in [0.2, 0.25) is 0 Å². The average Bonchev–Trinajstić information content (AvgIpc) is 1.84. The maximum atomic E-state index is 9.94. The molecule has 2 N–H and O–H groups in total. The molecule has 0 bridgehead atoms. The summed E-state index contributed by atoms with van der Waals surface area (Å²) in [4.78, 5) is 11.7. The summed E-state index contributed by atoms with van der Waals surface area (Å²) < 4.78 is 0. The minimum absolute atomic E-state index is 0.431. The van der Waals surface area contributed by atoms with E-state index in [0.717, 1.165) is 12.8 Å². The van der Waals surface area contributed by atoms with Crippen LogP contribution in [-0.2, 0) is 4.79 Å². The molecule has 0 aromatic heterocycles. The topological polar surface area (TPSA) is 46.3 Å². The van der Waals surface area contributed by atoms with Crippen molar-refractivity contribution in [3.63, 3.8) is 0 Å². The van der Waals surface area contributed by atoms with Gasteiger partial charge in [0.15, 0.2) is 6.29 Å². The maximum Gasteiger partial charge on any atom is 0.151 e. The van der Waals surface area contributed by atoms with E-state index in [2.05, 4.69) is 0 Å². The number of rotatable bonds is 3. The van der Waals surface area contributed by atoms with Crippen molar-refractivity contribution >= 4 is 6.29 Å². The summed E-state index contributed by atoms with van der Waals surface area (Å²) in [5.74, 6) is 0. The first kappa shape index (κ1) is 7.59. The van der Waals surface area contributed by atoms with Crippen molar-refractivity contribution < 1.29 is 4.79 Å². The van der Waals surface area contributed by atoms with Crippen molar-refractivity contribution in [1.82, 2.24) is 4.90 Å². The molecular formula is C5H12N2O. The van der Waals surface area contributed by atoms with E-state index in [1.54, 1.807) is 11.9 Å². The van der Waals surface area contributed by atoms with E-state index in [9.17, 15) is 4.79 Å². The Kier molecular flexibility index (Phi) is 3.39. The van der Waals surface area contributed by atoms with Crippen LogP contribution in [-0.4, -0.2) is 30.9 Å². The van der Waals surface area contributed by atoms with Gasteiger partial charge in [-0.15, -0.1) is 0 Å². The second-order valence-electron chi connectivity index (χ2n) is 1.70. The molecule has 1 unspecified atom stereocenters. The van der Waals surface area contributed by atoms with Crippen LogP contribution in [0.3, 0.4) is 0 Å². The lowest BCUT2D eigenvalue weighted by Crippen LogP contribution is -2.40. The molecule has 48 valence electrons. The Hall–Kier alpha value is -0.410. The van der Waals surface area contributed by atoms with Gasteiger partial charge in [-0.2, -0.15) is 0 Å². The van der Waals surface area contributed by atoms with E-state index >= 15 is 0 Å². The summed E-state index contributed by atoms with van der Waals surface area (Å²) in [5.41, 5.74) is 5.28. The highest BCUT2D eigenvalue weighted by Crippen LogP contribution is 1.80. The first-order valence-corrected chi connectivity index (χ1v) is 2.63. The molecule has 3 nitrogen and oxygen atoms in total. The first-order chi connectivity index (χ1) is 3.72. The van der Waals surface area contributed by atoms with Crippen LogP contribution >= 0.6 is 0 Å². The molecule has 0 aliphatic heterocycles. The molecular weight excluding hydrogens is 104 g/mol. The lowest BCUT2D eigenvalue weighted by Gasteiger charge is -2.15. The zero-order chi connectivity index (χ0) is 6.57. The number of carbonyl (C=O) groups excluding carboxylic acids is 1. The predicted octanol–water partition coefficient (Wildman–Crippen LogP) is -0.578. The molecule has 0 aromatic carbocycles. The summed E-state index contributed by atoms with van der Waals surface area (Å²) >= 11 is 0. The van der Waals surface area contributed by atoms with Gasteiger partial charge in [0, 0.05) is 0 Å². The van der Waals surface area contributed by atoms with Gasteiger partial charge in [-0.3, -0.25) is 4.90 Å². The van der Waals surface area contributed by atoms with Crippen LogP contribution in [0.4, 0.5) is 0 Å². The maximum absolute atomic E-state index is 9.94. The lowest BCUT2D eigenvalue weighted by atomic mass is 10.5. The SMILES string of the molecule is CCN(C)C(N)C=O. The van der Waals surface area contributed by atoms with E-state index in [4.69, 9.17) is 5.73 Å². The molecule has 0 amide bonds. The van der Waals surface area contributed by atoms with E-state index in [-0.39, 0.29) is 0 Å². The van der Waals surface area contributed by atoms with E-state index in [1.807, 2.05) is 6.92 Å².